The molecule has 1 atom stereocenters. The summed E-state index contributed by atoms with van der Waals surface area (Å²) in [5.74, 6) is 0.957. The summed E-state index contributed by atoms with van der Waals surface area (Å²) in [6, 6.07) is 8.28. The molecule has 0 saturated carbocycles. The van der Waals surface area contributed by atoms with Crippen LogP contribution in [0.1, 0.15) is 39.7 Å². The van der Waals surface area contributed by atoms with Gasteiger partial charge in [0.25, 0.3) is 5.91 Å². The minimum Gasteiger partial charge on any atom is -0.308 e. The first-order chi connectivity index (χ1) is 10.2. The molecule has 108 valence electrons. The Labute approximate surface area is 129 Å². The van der Waals surface area contributed by atoms with E-state index in [0.29, 0.717) is 0 Å². The van der Waals surface area contributed by atoms with Crippen molar-refractivity contribution < 1.29 is 4.79 Å². The van der Waals surface area contributed by atoms with E-state index in [-0.39, 0.29) is 5.91 Å². The average molecular weight is 297 g/mol. The molecule has 0 fully saturated rings. The van der Waals surface area contributed by atoms with Gasteiger partial charge in [0, 0.05) is 22.5 Å². The number of benzene rings is 1. The van der Waals surface area contributed by atoms with Crippen molar-refractivity contribution in [1.29, 1.82) is 0 Å². The number of carbonyl (C=O) groups excluding carboxylic acids is 1. The maximum Gasteiger partial charge on any atom is 0.259 e. The Morgan fingerprint density at radius 1 is 1.29 bits per heavy atom. The highest BCUT2D eigenvalue weighted by Gasteiger charge is 2.29. The Bertz CT molecular complexity index is 703. The Hall–Kier alpha value is -1.61. The SMILES string of the molecule is C[C@H]1CCc2c(C(=O)N3CCc4ccccc43)csc2C1. The van der Waals surface area contributed by atoms with Gasteiger partial charge in [0.1, 0.15) is 0 Å². The van der Waals surface area contributed by atoms with Crippen molar-refractivity contribution in [3.8, 4) is 0 Å². The smallest absolute Gasteiger partial charge is 0.259 e. The van der Waals surface area contributed by atoms with Gasteiger partial charge < -0.3 is 4.90 Å². The predicted molar refractivity (Wildman–Crippen MR) is 87.3 cm³/mol. The van der Waals surface area contributed by atoms with E-state index >= 15 is 0 Å². The third-order valence-electron chi connectivity index (χ3n) is 4.76. The maximum atomic E-state index is 13.0. The topological polar surface area (TPSA) is 20.3 Å². The van der Waals surface area contributed by atoms with Crippen LogP contribution in [0.3, 0.4) is 0 Å². The first-order valence-electron chi connectivity index (χ1n) is 7.73. The molecule has 21 heavy (non-hydrogen) atoms. The number of carbonyl (C=O) groups is 1. The van der Waals surface area contributed by atoms with Crippen molar-refractivity contribution in [2.75, 3.05) is 11.4 Å². The number of fused-ring (bicyclic) bond motifs is 2. The molecule has 2 nitrogen and oxygen atoms in total. The Morgan fingerprint density at radius 3 is 3.05 bits per heavy atom. The van der Waals surface area contributed by atoms with Gasteiger partial charge in [0.05, 0.1) is 5.56 Å². The highest BCUT2D eigenvalue weighted by atomic mass is 32.1. The van der Waals surface area contributed by atoms with E-state index in [1.54, 1.807) is 11.3 Å². The quantitative estimate of drug-likeness (QED) is 0.777. The molecule has 1 aliphatic carbocycles. The molecule has 4 rings (SSSR count). The molecule has 2 aliphatic rings. The third kappa shape index (κ3) is 2.11. The molecule has 2 aromatic rings. The molecule has 1 aromatic carbocycles. The highest BCUT2D eigenvalue weighted by molar-refractivity contribution is 7.10. The van der Waals surface area contributed by atoms with Crippen molar-refractivity contribution in [3.63, 3.8) is 0 Å². The van der Waals surface area contributed by atoms with Crippen LogP contribution in [0.5, 0.6) is 0 Å². The van der Waals surface area contributed by atoms with Crippen molar-refractivity contribution in [2.45, 2.75) is 32.6 Å². The minimum atomic E-state index is 0.201. The fraction of sp³-hybridized carbons (Fsp3) is 0.389. The van der Waals surface area contributed by atoms with Gasteiger partial charge in [-0.1, -0.05) is 25.1 Å². The summed E-state index contributed by atoms with van der Waals surface area (Å²) in [4.78, 5) is 16.4. The second kappa shape index (κ2) is 4.99. The van der Waals surface area contributed by atoms with Crippen LogP contribution >= 0.6 is 11.3 Å². The van der Waals surface area contributed by atoms with Crippen LogP contribution in [0.4, 0.5) is 5.69 Å². The van der Waals surface area contributed by atoms with Gasteiger partial charge in [0.2, 0.25) is 0 Å². The first kappa shape index (κ1) is 13.1. The van der Waals surface area contributed by atoms with Gasteiger partial charge in [-0.05, 0) is 48.8 Å². The summed E-state index contributed by atoms with van der Waals surface area (Å²) in [7, 11) is 0. The third-order valence-corrected chi connectivity index (χ3v) is 5.82. The molecule has 3 heteroatoms. The van der Waals surface area contributed by atoms with Crippen LogP contribution in [0.15, 0.2) is 29.6 Å². The lowest BCUT2D eigenvalue weighted by Gasteiger charge is -2.21. The molecule has 1 aliphatic heterocycles. The largest absolute Gasteiger partial charge is 0.308 e. The van der Waals surface area contributed by atoms with Crippen LogP contribution in [0.2, 0.25) is 0 Å². The summed E-state index contributed by atoms with van der Waals surface area (Å²) in [6.07, 6.45) is 4.40. The fourth-order valence-electron chi connectivity index (χ4n) is 3.55. The standard InChI is InChI=1S/C18H19NOS/c1-12-6-7-14-15(11-21-17(14)10-12)18(20)19-9-8-13-4-2-3-5-16(13)19/h2-5,11-12H,6-10H2,1H3/t12-/m0/s1. The molecule has 0 unspecified atom stereocenters. The lowest BCUT2D eigenvalue weighted by atomic mass is 9.88. The lowest BCUT2D eigenvalue weighted by Crippen LogP contribution is -2.29. The summed E-state index contributed by atoms with van der Waals surface area (Å²) < 4.78 is 0. The molecular weight excluding hydrogens is 278 g/mol. The zero-order valence-corrected chi connectivity index (χ0v) is 13.1. The van der Waals surface area contributed by atoms with E-state index in [4.69, 9.17) is 0 Å². The fourth-order valence-corrected chi connectivity index (χ4v) is 4.79. The van der Waals surface area contributed by atoms with Crippen molar-refractivity contribution in [3.05, 3.63) is 51.2 Å². The maximum absolute atomic E-state index is 13.0. The monoisotopic (exact) mass is 297 g/mol. The number of hydrogen-bond donors (Lipinski definition) is 0. The molecule has 0 bridgehead atoms. The van der Waals surface area contributed by atoms with E-state index in [1.807, 2.05) is 11.0 Å². The summed E-state index contributed by atoms with van der Waals surface area (Å²) in [5, 5.41) is 2.09. The first-order valence-corrected chi connectivity index (χ1v) is 8.61. The minimum absolute atomic E-state index is 0.201. The van der Waals surface area contributed by atoms with Gasteiger partial charge in [0.15, 0.2) is 0 Å². The second-order valence-corrected chi connectivity index (χ2v) is 7.20. The lowest BCUT2D eigenvalue weighted by molar-refractivity contribution is 0.0988. The van der Waals surface area contributed by atoms with Crippen LogP contribution in [0.25, 0.3) is 0 Å². The van der Waals surface area contributed by atoms with E-state index < -0.39 is 0 Å². The summed E-state index contributed by atoms with van der Waals surface area (Å²) in [5.41, 5.74) is 4.68. The highest BCUT2D eigenvalue weighted by Crippen LogP contribution is 2.35. The second-order valence-electron chi connectivity index (χ2n) is 6.23. The van der Waals surface area contributed by atoms with Crippen molar-refractivity contribution >= 4 is 22.9 Å². The van der Waals surface area contributed by atoms with Crippen molar-refractivity contribution in [1.82, 2.24) is 0 Å². The number of para-hydroxylation sites is 1. The average Bonchev–Trinajstić information content (AvgIpc) is 3.10. The van der Waals surface area contributed by atoms with Crippen LogP contribution < -0.4 is 4.90 Å². The van der Waals surface area contributed by atoms with Gasteiger partial charge in [-0.15, -0.1) is 11.3 Å². The van der Waals surface area contributed by atoms with E-state index in [1.165, 1.54) is 22.4 Å². The molecule has 1 aromatic heterocycles. The molecule has 1 amide bonds. The van der Waals surface area contributed by atoms with Gasteiger partial charge in [-0.2, -0.15) is 0 Å². The Kier molecular flexibility index (Phi) is 3.11. The normalized spacial score (nSPS) is 20.2. The summed E-state index contributed by atoms with van der Waals surface area (Å²) in [6.45, 7) is 3.13. The van der Waals surface area contributed by atoms with Crippen LogP contribution in [-0.4, -0.2) is 12.5 Å². The molecule has 2 heterocycles. The Morgan fingerprint density at radius 2 is 2.14 bits per heavy atom. The summed E-state index contributed by atoms with van der Waals surface area (Å²) >= 11 is 1.78. The number of nitrogens with zero attached hydrogens (tertiary/aromatic N) is 1. The van der Waals surface area contributed by atoms with Crippen LogP contribution in [0, 0.1) is 5.92 Å². The number of hydrogen-bond acceptors (Lipinski definition) is 2. The molecular formula is C18H19NOS. The number of anilines is 1. The molecule has 0 spiro atoms. The van der Waals surface area contributed by atoms with Crippen LogP contribution in [-0.2, 0) is 19.3 Å². The number of thiophene rings is 1. The number of rotatable bonds is 1. The molecule has 0 radical (unpaired) electrons. The van der Waals surface area contributed by atoms with E-state index in [0.717, 1.165) is 43.0 Å². The zero-order chi connectivity index (χ0) is 14.4. The van der Waals surface area contributed by atoms with Gasteiger partial charge in [-0.25, -0.2) is 0 Å². The number of amides is 1. The molecule has 0 saturated heterocycles. The molecule has 0 N–H and O–H groups in total. The Balaban J connectivity index is 1.68. The van der Waals surface area contributed by atoms with Gasteiger partial charge in [-0.3, -0.25) is 4.79 Å². The van der Waals surface area contributed by atoms with E-state index in [2.05, 4.69) is 30.5 Å². The van der Waals surface area contributed by atoms with Gasteiger partial charge >= 0.3 is 0 Å². The van der Waals surface area contributed by atoms with Crippen molar-refractivity contribution in [2.24, 2.45) is 5.92 Å². The predicted octanol–water partition coefficient (Wildman–Crippen LogP) is 4.08. The van der Waals surface area contributed by atoms with E-state index in [9.17, 15) is 4.79 Å². The zero-order valence-electron chi connectivity index (χ0n) is 12.3.